The van der Waals surface area contributed by atoms with Crippen LogP contribution in [-0.4, -0.2) is 12.8 Å². The van der Waals surface area contributed by atoms with Crippen molar-refractivity contribution in [3.05, 3.63) is 18.3 Å². The van der Waals surface area contributed by atoms with Gasteiger partial charge in [0, 0.05) is 11.9 Å². The van der Waals surface area contributed by atoms with Gasteiger partial charge in [0.1, 0.15) is 7.85 Å². The molecule has 0 amide bonds. The average molecular weight is 104 g/mol. The van der Waals surface area contributed by atoms with Crippen LogP contribution in [0.1, 0.15) is 0 Å². The number of aromatic nitrogens is 1. The number of hydrogen-bond donors (Lipinski definition) is 1. The first-order valence-corrected chi connectivity index (χ1v) is 2.26. The van der Waals surface area contributed by atoms with Crippen LogP contribution in [0.2, 0.25) is 0 Å². The van der Waals surface area contributed by atoms with E-state index in [2.05, 4.69) is 4.98 Å². The topological polar surface area (TPSA) is 38.9 Å². The SMILES string of the molecule is [B]c1cc(N)ccn1. The van der Waals surface area contributed by atoms with Gasteiger partial charge in [-0.05, 0) is 17.7 Å². The number of nitrogen functional groups attached to an aromatic ring is 1. The number of anilines is 1. The number of pyridine rings is 1. The van der Waals surface area contributed by atoms with E-state index in [0.717, 1.165) is 0 Å². The molecular weight excluding hydrogens is 98.9 g/mol. The predicted octanol–water partition coefficient (Wildman–Crippen LogP) is -0.542. The van der Waals surface area contributed by atoms with E-state index in [1.165, 1.54) is 0 Å². The van der Waals surface area contributed by atoms with Gasteiger partial charge in [0.05, 0.1) is 0 Å². The van der Waals surface area contributed by atoms with E-state index >= 15 is 0 Å². The van der Waals surface area contributed by atoms with E-state index in [9.17, 15) is 0 Å². The summed E-state index contributed by atoms with van der Waals surface area (Å²) in [5.41, 5.74) is 6.45. The lowest BCUT2D eigenvalue weighted by molar-refractivity contribution is 1.39. The summed E-state index contributed by atoms with van der Waals surface area (Å²) in [6, 6.07) is 3.30. The molecule has 0 aliphatic rings. The third-order valence-electron chi connectivity index (χ3n) is 0.805. The number of nitrogens with two attached hydrogens (primary N) is 1. The maximum atomic E-state index is 5.34. The fourth-order valence-electron chi connectivity index (χ4n) is 0.466. The van der Waals surface area contributed by atoms with Crippen molar-refractivity contribution >= 4 is 19.1 Å². The van der Waals surface area contributed by atoms with Gasteiger partial charge in [0.2, 0.25) is 0 Å². The van der Waals surface area contributed by atoms with Crippen LogP contribution in [-0.2, 0) is 0 Å². The Labute approximate surface area is 49.1 Å². The fraction of sp³-hybridized carbons (Fsp3) is 0. The second-order valence-corrected chi connectivity index (χ2v) is 1.51. The molecule has 0 bridgehead atoms. The zero-order valence-corrected chi connectivity index (χ0v) is 4.33. The van der Waals surface area contributed by atoms with Gasteiger partial charge in [0.15, 0.2) is 0 Å². The molecule has 2 radical (unpaired) electrons. The second-order valence-electron chi connectivity index (χ2n) is 1.51. The van der Waals surface area contributed by atoms with Gasteiger partial charge in [-0.1, -0.05) is 0 Å². The van der Waals surface area contributed by atoms with Crippen LogP contribution in [0.15, 0.2) is 18.3 Å². The van der Waals surface area contributed by atoms with Crippen molar-refractivity contribution < 1.29 is 0 Å². The van der Waals surface area contributed by atoms with Crippen molar-refractivity contribution in [2.24, 2.45) is 0 Å². The van der Waals surface area contributed by atoms with Crippen LogP contribution in [0.5, 0.6) is 0 Å². The molecule has 0 spiro atoms. The van der Waals surface area contributed by atoms with Crippen LogP contribution >= 0.6 is 0 Å². The van der Waals surface area contributed by atoms with Gasteiger partial charge in [-0.25, -0.2) is 0 Å². The average Bonchev–Trinajstić information content (AvgIpc) is 1.64. The molecule has 0 saturated heterocycles. The number of hydrogen-bond acceptors (Lipinski definition) is 2. The second kappa shape index (κ2) is 1.86. The molecule has 0 aliphatic carbocycles. The van der Waals surface area contributed by atoms with Gasteiger partial charge in [-0.15, -0.1) is 0 Å². The van der Waals surface area contributed by atoms with E-state index in [-0.39, 0.29) is 0 Å². The quantitative estimate of drug-likeness (QED) is 0.449. The van der Waals surface area contributed by atoms with Gasteiger partial charge in [0.25, 0.3) is 0 Å². The van der Waals surface area contributed by atoms with E-state index < -0.39 is 0 Å². The third-order valence-corrected chi connectivity index (χ3v) is 0.805. The van der Waals surface area contributed by atoms with Crippen LogP contribution in [0.4, 0.5) is 5.69 Å². The van der Waals surface area contributed by atoms with Crippen LogP contribution < -0.4 is 11.3 Å². The van der Waals surface area contributed by atoms with E-state index in [1.54, 1.807) is 18.3 Å². The summed E-state index contributed by atoms with van der Waals surface area (Å²) in [4.78, 5) is 3.74. The molecule has 0 atom stereocenters. The van der Waals surface area contributed by atoms with Crippen molar-refractivity contribution in [1.29, 1.82) is 0 Å². The van der Waals surface area contributed by atoms with Gasteiger partial charge < -0.3 is 5.73 Å². The van der Waals surface area contributed by atoms with Crippen molar-refractivity contribution in [3.8, 4) is 0 Å². The van der Waals surface area contributed by atoms with Gasteiger partial charge >= 0.3 is 0 Å². The maximum absolute atomic E-state index is 5.34. The summed E-state index contributed by atoms with van der Waals surface area (Å²) in [6.07, 6.45) is 1.57. The van der Waals surface area contributed by atoms with Crippen molar-refractivity contribution in [2.45, 2.75) is 0 Å². The normalized spacial score (nSPS) is 9.00. The first kappa shape index (κ1) is 5.16. The minimum atomic E-state index is 0.463. The Balaban J connectivity index is 3.08. The Morgan fingerprint density at radius 1 is 1.62 bits per heavy atom. The largest absolute Gasteiger partial charge is 0.399 e. The number of nitrogens with zero attached hydrogens (tertiary/aromatic N) is 1. The zero-order valence-electron chi connectivity index (χ0n) is 4.33. The molecule has 0 aliphatic heterocycles. The first-order valence-electron chi connectivity index (χ1n) is 2.26. The third kappa shape index (κ3) is 0.995. The Kier molecular flexibility index (Phi) is 1.20. The molecule has 1 heterocycles. The molecule has 0 aromatic carbocycles. The highest BCUT2D eigenvalue weighted by molar-refractivity contribution is 6.30. The molecule has 0 unspecified atom stereocenters. The van der Waals surface area contributed by atoms with Gasteiger partial charge in [-0.2, -0.15) is 0 Å². The van der Waals surface area contributed by atoms with Crippen molar-refractivity contribution in [2.75, 3.05) is 5.73 Å². The predicted molar refractivity (Wildman–Crippen MR) is 34.0 cm³/mol. The smallest absolute Gasteiger partial charge is 0.141 e. The lowest BCUT2D eigenvalue weighted by atomic mass is 10.0. The monoisotopic (exact) mass is 104 g/mol. The Bertz CT molecular complexity index is 170. The molecule has 1 aromatic heterocycles. The highest BCUT2D eigenvalue weighted by atomic mass is 14.7. The molecule has 3 heteroatoms. The van der Waals surface area contributed by atoms with Crippen LogP contribution in [0.3, 0.4) is 0 Å². The number of rotatable bonds is 0. The molecule has 1 aromatic rings. The standard InChI is InChI=1S/C5H5BN2/c6-5-3-4(7)1-2-8-5/h1-3H,(H2,7,8). The summed E-state index contributed by atoms with van der Waals surface area (Å²) in [6.45, 7) is 0. The summed E-state index contributed by atoms with van der Waals surface area (Å²) in [5, 5.41) is 0. The summed E-state index contributed by atoms with van der Waals surface area (Å²) in [7, 11) is 5.27. The highest BCUT2D eigenvalue weighted by Gasteiger charge is 1.82. The molecule has 2 N–H and O–H groups in total. The molecule has 2 nitrogen and oxygen atoms in total. The zero-order chi connectivity index (χ0) is 5.98. The van der Waals surface area contributed by atoms with Gasteiger partial charge in [-0.3, -0.25) is 4.98 Å². The Morgan fingerprint density at radius 2 is 2.38 bits per heavy atom. The molecule has 1 rings (SSSR count). The Morgan fingerprint density at radius 3 is 2.75 bits per heavy atom. The summed E-state index contributed by atoms with van der Waals surface area (Å²) in [5.74, 6) is 0. The lowest BCUT2D eigenvalue weighted by Gasteiger charge is -1.90. The van der Waals surface area contributed by atoms with Crippen molar-refractivity contribution in [3.63, 3.8) is 0 Å². The summed E-state index contributed by atoms with van der Waals surface area (Å²) >= 11 is 0. The molecule has 38 valence electrons. The molecule has 0 fully saturated rings. The van der Waals surface area contributed by atoms with E-state index in [1.807, 2.05) is 0 Å². The first-order chi connectivity index (χ1) is 3.79. The minimum Gasteiger partial charge on any atom is -0.399 e. The van der Waals surface area contributed by atoms with Crippen LogP contribution in [0.25, 0.3) is 0 Å². The molecular formula is C5H5BN2. The molecule has 0 saturated carbocycles. The van der Waals surface area contributed by atoms with Crippen molar-refractivity contribution in [1.82, 2.24) is 4.98 Å². The minimum absolute atomic E-state index is 0.463. The Hall–Kier alpha value is -0.985. The lowest BCUT2D eigenvalue weighted by Crippen LogP contribution is -2.07. The van der Waals surface area contributed by atoms with E-state index in [4.69, 9.17) is 13.6 Å². The summed E-state index contributed by atoms with van der Waals surface area (Å²) < 4.78 is 0. The van der Waals surface area contributed by atoms with E-state index in [0.29, 0.717) is 11.3 Å². The maximum Gasteiger partial charge on any atom is 0.141 e. The fourth-order valence-corrected chi connectivity index (χ4v) is 0.466. The van der Waals surface area contributed by atoms with Crippen LogP contribution in [0, 0.1) is 0 Å². The highest BCUT2D eigenvalue weighted by Crippen LogP contribution is 1.90. The molecule has 8 heavy (non-hydrogen) atoms.